The molecule has 3 aromatic carbocycles. The lowest BCUT2D eigenvalue weighted by atomic mass is 9.94. The number of methoxy groups -OCH3 is 1. The third kappa shape index (κ3) is 3.73. The van der Waals surface area contributed by atoms with E-state index in [0.29, 0.717) is 11.4 Å². The lowest BCUT2D eigenvalue weighted by Gasteiger charge is -2.24. The third-order valence-electron chi connectivity index (χ3n) is 5.18. The van der Waals surface area contributed by atoms with Gasteiger partial charge in [0.15, 0.2) is 0 Å². The fourth-order valence-corrected chi connectivity index (χ4v) is 3.83. The predicted molar refractivity (Wildman–Crippen MR) is 113 cm³/mol. The first-order valence-corrected chi connectivity index (χ1v) is 9.52. The average Bonchev–Trinajstić information content (AvgIpc) is 3.07. The number of anilines is 1. The molecule has 4 aromatic rings. The molecule has 0 saturated carbocycles. The normalized spacial score (nSPS) is 12.7. The number of aryl methyl sites for hydroxylation is 1. The van der Waals surface area contributed by atoms with Crippen LogP contribution in [0.1, 0.15) is 28.4 Å². The summed E-state index contributed by atoms with van der Waals surface area (Å²) in [5.74, 6) is 0.659. The van der Waals surface area contributed by atoms with Crippen LogP contribution in [0.5, 0.6) is 5.75 Å². The van der Waals surface area contributed by atoms with E-state index >= 15 is 0 Å². The highest BCUT2D eigenvalue weighted by molar-refractivity contribution is 5.86. The Morgan fingerprint density at radius 1 is 0.933 bits per heavy atom. The van der Waals surface area contributed by atoms with Crippen LogP contribution in [0.15, 0.2) is 72.8 Å². The molecule has 1 aromatic heterocycles. The highest BCUT2D eigenvalue weighted by atomic mass is 19.4. The highest BCUT2D eigenvalue weighted by Crippen LogP contribution is 2.39. The zero-order valence-corrected chi connectivity index (χ0v) is 16.5. The first kappa shape index (κ1) is 19.9. The molecule has 154 valence electrons. The first-order valence-electron chi connectivity index (χ1n) is 9.52. The maximum absolute atomic E-state index is 13.2. The van der Waals surface area contributed by atoms with Crippen LogP contribution >= 0.6 is 0 Å². The molecule has 0 unspecified atom stereocenters. The molecule has 0 aliphatic heterocycles. The number of rotatable bonds is 5. The van der Waals surface area contributed by atoms with E-state index in [1.165, 1.54) is 6.07 Å². The number of benzene rings is 3. The summed E-state index contributed by atoms with van der Waals surface area (Å²) >= 11 is 0. The lowest BCUT2D eigenvalue weighted by molar-refractivity contribution is -0.137. The average molecular weight is 410 g/mol. The SMILES string of the molecule is COc1ccccc1[C@H](Nc1cccc(C(F)(F)F)c1)c1c(C)[nH]c2ccccc12. The summed E-state index contributed by atoms with van der Waals surface area (Å²) < 4.78 is 45.3. The Morgan fingerprint density at radius 2 is 1.67 bits per heavy atom. The molecule has 4 rings (SSSR count). The molecule has 0 radical (unpaired) electrons. The highest BCUT2D eigenvalue weighted by Gasteiger charge is 2.31. The fourth-order valence-electron chi connectivity index (χ4n) is 3.83. The molecule has 30 heavy (non-hydrogen) atoms. The van der Waals surface area contributed by atoms with Gasteiger partial charge in [-0.05, 0) is 37.3 Å². The number of ether oxygens (including phenoxy) is 1. The molecule has 0 aliphatic carbocycles. The smallest absolute Gasteiger partial charge is 0.416 e. The summed E-state index contributed by atoms with van der Waals surface area (Å²) in [7, 11) is 1.59. The van der Waals surface area contributed by atoms with Crippen molar-refractivity contribution in [1.82, 2.24) is 4.98 Å². The van der Waals surface area contributed by atoms with Gasteiger partial charge in [-0.1, -0.05) is 42.5 Å². The van der Waals surface area contributed by atoms with E-state index in [-0.39, 0.29) is 0 Å². The molecule has 0 aliphatic rings. The second-order valence-electron chi connectivity index (χ2n) is 7.11. The maximum atomic E-state index is 13.2. The number of fused-ring (bicyclic) bond motifs is 1. The summed E-state index contributed by atoms with van der Waals surface area (Å²) in [6.45, 7) is 1.96. The standard InChI is InChI=1S/C24H21F3N2O/c1-15-22(18-10-3-5-12-20(18)28-15)23(19-11-4-6-13-21(19)30-2)29-17-9-7-8-16(14-17)24(25,26)27/h3-14,23,28-29H,1-2H3/t23-/m0/s1. The van der Waals surface area contributed by atoms with Crippen molar-refractivity contribution in [2.75, 3.05) is 12.4 Å². The molecule has 1 heterocycles. The molecule has 3 nitrogen and oxygen atoms in total. The van der Waals surface area contributed by atoms with Gasteiger partial charge >= 0.3 is 6.18 Å². The van der Waals surface area contributed by atoms with Crippen LogP contribution in [-0.2, 0) is 6.18 Å². The van der Waals surface area contributed by atoms with Crippen LogP contribution in [0.2, 0.25) is 0 Å². The number of para-hydroxylation sites is 2. The van der Waals surface area contributed by atoms with E-state index in [1.54, 1.807) is 13.2 Å². The summed E-state index contributed by atoms with van der Waals surface area (Å²) in [4.78, 5) is 3.38. The van der Waals surface area contributed by atoms with Crippen LogP contribution in [0, 0.1) is 6.92 Å². The minimum Gasteiger partial charge on any atom is -0.496 e. The Bertz CT molecular complexity index is 1180. The minimum absolute atomic E-state index is 0.380. The Hall–Kier alpha value is -3.41. The van der Waals surface area contributed by atoms with E-state index in [4.69, 9.17) is 4.74 Å². The van der Waals surface area contributed by atoms with Crippen LogP contribution < -0.4 is 10.1 Å². The summed E-state index contributed by atoms with van der Waals surface area (Å²) in [5, 5.41) is 4.32. The van der Waals surface area contributed by atoms with Crippen molar-refractivity contribution in [3.63, 3.8) is 0 Å². The maximum Gasteiger partial charge on any atom is 0.416 e. The number of aromatic nitrogens is 1. The monoisotopic (exact) mass is 410 g/mol. The van der Waals surface area contributed by atoms with Crippen LogP contribution in [0.4, 0.5) is 18.9 Å². The van der Waals surface area contributed by atoms with Crippen LogP contribution in [0.25, 0.3) is 10.9 Å². The zero-order valence-electron chi connectivity index (χ0n) is 16.5. The van der Waals surface area contributed by atoms with Crippen LogP contribution in [-0.4, -0.2) is 12.1 Å². The van der Waals surface area contributed by atoms with Gasteiger partial charge in [-0.2, -0.15) is 13.2 Å². The summed E-state index contributed by atoms with van der Waals surface area (Å²) in [5.41, 5.74) is 3.40. The van der Waals surface area contributed by atoms with Crippen molar-refractivity contribution in [3.8, 4) is 5.75 Å². The fraction of sp³-hybridized carbons (Fsp3) is 0.167. The Labute approximate surface area is 172 Å². The second-order valence-corrected chi connectivity index (χ2v) is 7.11. The van der Waals surface area contributed by atoms with Crippen molar-refractivity contribution in [1.29, 1.82) is 0 Å². The number of hydrogen-bond donors (Lipinski definition) is 2. The first-order chi connectivity index (χ1) is 14.4. The quantitative estimate of drug-likeness (QED) is 0.384. The van der Waals surface area contributed by atoms with E-state index in [1.807, 2.05) is 55.5 Å². The van der Waals surface area contributed by atoms with Crippen molar-refractivity contribution in [3.05, 3.63) is 95.2 Å². The number of halogens is 3. The summed E-state index contributed by atoms with van der Waals surface area (Å²) in [6.07, 6.45) is -4.41. The molecular weight excluding hydrogens is 389 g/mol. The largest absolute Gasteiger partial charge is 0.496 e. The van der Waals surface area contributed by atoms with Gasteiger partial charge in [-0.3, -0.25) is 0 Å². The van der Waals surface area contributed by atoms with Crippen molar-refractivity contribution >= 4 is 16.6 Å². The lowest BCUT2D eigenvalue weighted by Crippen LogP contribution is -2.15. The van der Waals surface area contributed by atoms with Crippen molar-refractivity contribution < 1.29 is 17.9 Å². The molecule has 2 N–H and O–H groups in total. The van der Waals surface area contributed by atoms with Crippen LogP contribution in [0.3, 0.4) is 0 Å². The predicted octanol–water partition coefficient (Wildman–Crippen LogP) is 6.71. The molecular formula is C24H21F3N2O. The van der Waals surface area contributed by atoms with E-state index < -0.39 is 17.8 Å². The van der Waals surface area contributed by atoms with Gasteiger partial charge in [0, 0.05) is 33.4 Å². The van der Waals surface area contributed by atoms with E-state index in [9.17, 15) is 13.2 Å². The van der Waals surface area contributed by atoms with E-state index in [0.717, 1.165) is 39.9 Å². The Kier molecular flexibility index (Phi) is 5.16. The number of aromatic amines is 1. The molecule has 0 fully saturated rings. The van der Waals surface area contributed by atoms with Crippen molar-refractivity contribution in [2.45, 2.75) is 19.1 Å². The number of nitrogens with one attached hydrogen (secondary N) is 2. The number of hydrogen-bond acceptors (Lipinski definition) is 2. The zero-order chi connectivity index (χ0) is 21.3. The topological polar surface area (TPSA) is 37.0 Å². The molecule has 1 atom stereocenters. The molecule has 0 saturated heterocycles. The van der Waals surface area contributed by atoms with Crippen molar-refractivity contribution in [2.24, 2.45) is 0 Å². The van der Waals surface area contributed by atoms with Gasteiger partial charge in [0.25, 0.3) is 0 Å². The third-order valence-corrected chi connectivity index (χ3v) is 5.18. The van der Waals surface area contributed by atoms with Gasteiger partial charge in [-0.25, -0.2) is 0 Å². The van der Waals surface area contributed by atoms with Gasteiger partial charge in [-0.15, -0.1) is 0 Å². The Balaban J connectivity index is 1.88. The van der Waals surface area contributed by atoms with Gasteiger partial charge in [0.1, 0.15) is 5.75 Å². The summed E-state index contributed by atoms with van der Waals surface area (Å²) in [6, 6.07) is 20.2. The van der Waals surface area contributed by atoms with Gasteiger partial charge in [0.05, 0.1) is 18.7 Å². The minimum atomic E-state index is -4.41. The molecule has 0 spiro atoms. The molecule has 6 heteroatoms. The second kappa shape index (κ2) is 7.78. The van der Waals surface area contributed by atoms with Gasteiger partial charge in [0.2, 0.25) is 0 Å². The number of alkyl halides is 3. The van der Waals surface area contributed by atoms with Gasteiger partial charge < -0.3 is 15.0 Å². The van der Waals surface area contributed by atoms with E-state index in [2.05, 4.69) is 10.3 Å². The Morgan fingerprint density at radius 3 is 2.43 bits per heavy atom. The number of H-pyrrole nitrogens is 1. The molecule has 0 amide bonds. The molecule has 0 bridgehead atoms.